The van der Waals surface area contributed by atoms with Crippen molar-refractivity contribution in [2.24, 2.45) is 0 Å². The molecule has 1 aliphatic rings. The van der Waals surface area contributed by atoms with Crippen molar-refractivity contribution >= 4 is 68.1 Å². The molecule has 4 amide bonds. The van der Waals surface area contributed by atoms with Crippen LogP contribution in [0.15, 0.2) is 40.4 Å². The second-order valence-corrected chi connectivity index (χ2v) is 8.02. The normalized spacial score (nSPS) is 15.8. The molecule has 9 heteroatoms. The summed E-state index contributed by atoms with van der Waals surface area (Å²) in [6, 6.07) is 7.37. The van der Waals surface area contributed by atoms with Gasteiger partial charge in [0.25, 0.3) is 11.8 Å². The average Bonchev–Trinajstić information content (AvgIpc) is 2.63. The fourth-order valence-corrected chi connectivity index (χ4v) is 3.85. The SMILES string of the molecule is COc1cc(/C=C2/C(=O)NC(=O)N(c3ccc(Br)cc3C)C2=O)cc(I)c1O. The highest BCUT2D eigenvalue weighted by Gasteiger charge is 2.37. The lowest BCUT2D eigenvalue weighted by Crippen LogP contribution is -2.54. The maximum atomic E-state index is 13.0. The zero-order chi connectivity index (χ0) is 20.6. The first kappa shape index (κ1) is 20.3. The van der Waals surface area contributed by atoms with Gasteiger partial charge in [0, 0.05) is 4.47 Å². The van der Waals surface area contributed by atoms with E-state index in [-0.39, 0.29) is 17.1 Å². The van der Waals surface area contributed by atoms with Crippen LogP contribution in [-0.2, 0) is 9.59 Å². The molecule has 2 N–H and O–H groups in total. The summed E-state index contributed by atoms with van der Waals surface area (Å²) < 4.78 is 6.40. The highest BCUT2D eigenvalue weighted by Crippen LogP contribution is 2.34. The van der Waals surface area contributed by atoms with Crippen molar-refractivity contribution in [3.05, 3.63) is 55.1 Å². The summed E-state index contributed by atoms with van der Waals surface area (Å²) in [5, 5.41) is 12.1. The quantitative estimate of drug-likeness (QED) is 0.341. The van der Waals surface area contributed by atoms with Crippen LogP contribution >= 0.6 is 38.5 Å². The van der Waals surface area contributed by atoms with E-state index >= 15 is 0 Å². The lowest BCUT2D eigenvalue weighted by atomic mass is 10.1. The predicted octanol–water partition coefficient (Wildman–Crippen LogP) is 3.74. The summed E-state index contributed by atoms with van der Waals surface area (Å²) in [5.74, 6) is -1.35. The van der Waals surface area contributed by atoms with E-state index in [4.69, 9.17) is 4.74 Å². The van der Waals surface area contributed by atoms with Crippen molar-refractivity contribution in [2.45, 2.75) is 6.92 Å². The number of aromatic hydroxyl groups is 1. The number of halogens is 2. The minimum atomic E-state index is -0.810. The molecule has 0 aromatic heterocycles. The Morgan fingerprint density at radius 2 is 1.93 bits per heavy atom. The molecule has 28 heavy (non-hydrogen) atoms. The molecule has 0 spiro atoms. The zero-order valence-electron chi connectivity index (χ0n) is 14.7. The van der Waals surface area contributed by atoms with E-state index in [2.05, 4.69) is 21.2 Å². The van der Waals surface area contributed by atoms with Crippen molar-refractivity contribution < 1.29 is 24.2 Å². The minimum Gasteiger partial charge on any atom is -0.504 e. The molecular formula is C19H14BrIN2O5. The molecule has 0 saturated carbocycles. The molecule has 2 aromatic carbocycles. The number of benzene rings is 2. The van der Waals surface area contributed by atoms with Gasteiger partial charge in [0.15, 0.2) is 11.5 Å². The van der Waals surface area contributed by atoms with Crippen molar-refractivity contribution in [2.75, 3.05) is 12.0 Å². The summed E-state index contributed by atoms with van der Waals surface area (Å²) in [7, 11) is 1.40. The lowest BCUT2D eigenvalue weighted by molar-refractivity contribution is -0.122. The number of carbonyl (C=O) groups is 3. The number of hydrogen-bond donors (Lipinski definition) is 2. The number of hydrogen-bond acceptors (Lipinski definition) is 5. The van der Waals surface area contributed by atoms with Gasteiger partial charge in [0.2, 0.25) is 0 Å². The van der Waals surface area contributed by atoms with Gasteiger partial charge >= 0.3 is 6.03 Å². The summed E-state index contributed by atoms with van der Waals surface area (Å²) in [5.41, 5.74) is 1.33. The average molecular weight is 557 g/mol. The van der Waals surface area contributed by atoms with Crippen molar-refractivity contribution in [1.29, 1.82) is 0 Å². The number of rotatable bonds is 3. The van der Waals surface area contributed by atoms with E-state index in [9.17, 15) is 19.5 Å². The molecule has 1 heterocycles. The Labute approximate surface area is 182 Å². The Morgan fingerprint density at radius 3 is 2.57 bits per heavy atom. The molecule has 0 atom stereocenters. The highest BCUT2D eigenvalue weighted by atomic mass is 127. The van der Waals surface area contributed by atoms with Crippen LogP contribution in [0.1, 0.15) is 11.1 Å². The Bertz CT molecular complexity index is 1050. The molecule has 1 aliphatic heterocycles. The smallest absolute Gasteiger partial charge is 0.335 e. The second-order valence-electron chi connectivity index (χ2n) is 5.94. The maximum absolute atomic E-state index is 13.0. The number of urea groups is 1. The van der Waals surface area contributed by atoms with Gasteiger partial charge in [0.1, 0.15) is 5.57 Å². The first-order valence-electron chi connectivity index (χ1n) is 7.97. The van der Waals surface area contributed by atoms with Crippen LogP contribution in [0.3, 0.4) is 0 Å². The predicted molar refractivity (Wildman–Crippen MR) is 115 cm³/mol. The van der Waals surface area contributed by atoms with Gasteiger partial charge in [0.05, 0.1) is 16.4 Å². The molecule has 0 aliphatic carbocycles. The summed E-state index contributed by atoms with van der Waals surface area (Å²) >= 11 is 5.25. The number of ether oxygens (including phenoxy) is 1. The Balaban J connectivity index is 2.08. The van der Waals surface area contributed by atoms with E-state index in [0.29, 0.717) is 20.4 Å². The number of methoxy groups -OCH3 is 1. The Kier molecular flexibility index (Phi) is 5.75. The lowest BCUT2D eigenvalue weighted by Gasteiger charge is -2.27. The highest BCUT2D eigenvalue weighted by molar-refractivity contribution is 14.1. The van der Waals surface area contributed by atoms with Crippen LogP contribution in [0.2, 0.25) is 0 Å². The van der Waals surface area contributed by atoms with E-state index < -0.39 is 17.8 Å². The number of barbiturate groups is 1. The van der Waals surface area contributed by atoms with Gasteiger partial charge in [-0.05, 0) is 77.0 Å². The van der Waals surface area contributed by atoms with Crippen LogP contribution in [0.4, 0.5) is 10.5 Å². The van der Waals surface area contributed by atoms with Crippen LogP contribution in [-0.4, -0.2) is 30.1 Å². The van der Waals surface area contributed by atoms with Gasteiger partial charge in [-0.2, -0.15) is 0 Å². The van der Waals surface area contributed by atoms with E-state index in [1.165, 1.54) is 19.3 Å². The molecular weight excluding hydrogens is 543 g/mol. The number of amides is 4. The van der Waals surface area contributed by atoms with Crippen LogP contribution in [0.5, 0.6) is 11.5 Å². The minimum absolute atomic E-state index is 0.0352. The van der Waals surface area contributed by atoms with E-state index in [1.54, 1.807) is 31.2 Å². The molecule has 3 rings (SSSR count). The number of imide groups is 2. The fourth-order valence-electron chi connectivity index (χ4n) is 2.75. The summed E-state index contributed by atoms with van der Waals surface area (Å²) in [4.78, 5) is 38.5. The van der Waals surface area contributed by atoms with Crippen molar-refractivity contribution in [1.82, 2.24) is 5.32 Å². The molecule has 1 saturated heterocycles. The largest absolute Gasteiger partial charge is 0.504 e. The Hall–Kier alpha value is -2.40. The second kappa shape index (κ2) is 7.92. The van der Waals surface area contributed by atoms with E-state index in [0.717, 1.165) is 9.37 Å². The Morgan fingerprint density at radius 1 is 1.21 bits per heavy atom. The fraction of sp³-hybridized carbons (Fsp3) is 0.105. The number of nitrogens with zero attached hydrogens (tertiary/aromatic N) is 1. The number of anilines is 1. The molecule has 0 bridgehead atoms. The van der Waals surface area contributed by atoms with Crippen molar-refractivity contribution in [3.8, 4) is 11.5 Å². The van der Waals surface area contributed by atoms with Gasteiger partial charge in [-0.3, -0.25) is 14.9 Å². The molecule has 7 nitrogen and oxygen atoms in total. The summed E-state index contributed by atoms with van der Waals surface area (Å²) in [6.07, 6.45) is 1.36. The van der Waals surface area contributed by atoms with Gasteiger partial charge in [-0.15, -0.1) is 0 Å². The first-order chi connectivity index (χ1) is 13.2. The number of aryl methyl sites for hydroxylation is 1. The molecule has 1 fully saturated rings. The maximum Gasteiger partial charge on any atom is 0.335 e. The molecule has 0 radical (unpaired) electrons. The topological polar surface area (TPSA) is 95.9 Å². The monoisotopic (exact) mass is 556 g/mol. The van der Waals surface area contributed by atoms with Gasteiger partial charge in [-0.1, -0.05) is 15.9 Å². The standard InChI is InChI=1S/C19H14BrIN2O5/c1-9-5-11(20)3-4-14(9)23-18(26)12(17(25)22-19(23)27)6-10-7-13(21)16(24)15(8-10)28-2/h3-8,24H,1-2H3,(H,22,25,27)/b12-6-. The van der Waals surface area contributed by atoms with Gasteiger partial charge in [-0.25, -0.2) is 9.69 Å². The number of phenols is 1. The summed E-state index contributed by atoms with van der Waals surface area (Å²) in [6.45, 7) is 1.76. The van der Waals surface area contributed by atoms with Crippen molar-refractivity contribution in [3.63, 3.8) is 0 Å². The number of carbonyl (C=O) groups excluding carboxylic acids is 3. The number of nitrogens with one attached hydrogen (secondary N) is 1. The van der Waals surface area contributed by atoms with Crippen LogP contribution < -0.4 is 15.0 Å². The van der Waals surface area contributed by atoms with Gasteiger partial charge < -0.3 is 9.84 Å². The van der Waals surface area contributed by atoms with Crippen LogP contribution in [0, 0.1) is 10.5 Å². The van der Waals surface area contributed by atoms with E-state index in [1.807, 2.05) is 22.6 Å². The molecule has 144 valence electrons. The number of phenolic OH excluding ortho intramolecular Hbond substituents is 1. The molecule has 0 unspecified atom stereocenters. The third-order valence-corrected chi connectivity index (χ3v) is 5.40. The third kappa shape index (κ3) is 3.76. The van der Waals surface area contributed by atoms with Crippen LogP contribution in [0.25, 0.3) is 6.08 Å². The zero-order valence-corrected chi connectivity index (χ0v) is 18.5. The first-order valence-corrected chi connectivity index (χ1v) is 9.84. The molecule has 2 aromatic rings. The third-order valence-electron chi connectivity index (χ3n) is 4.08.